The Morgan fingerprint density at radius 1 is 1.39 bits per heavy atom. The number of fused-ring (bicyclic) bond motifs is 1. The molecule has 2 heterocycles. The molecule has 0 fully saturated rings. The molecule has 3 rings (SSSR count). The molecule has 0 aliphatic carbocycles. The molecule has 23 heavy (non-hydrogen) atoms. The number of carbonyl (C=O) groups excluding carboxylic acids is 1. The Hall–Kier alpha value is -2.00. The van der Waals surface area contributed by atoms with Crippen LogP contribution in [0.5, 0.6) is 11.5 Å². The number of aromatic nitrogens is 2. The van der Waals surface area contributed by atoms with Gasteiger partial charge in [0.05, 0.1) is 7.11 Å². The predicted molar refractivity (Wildman–Crippen MR) is 90.0 cm³/mol. The summed E-state index contributed by atoms with van der Waals surface area (Å²) >= 11 is 4.74. The zero-order chi connectivity index (χ0) is 16.6. The lowest BCUT2D eigenvalue weighted by atomic mass is 10.1. The van der Waals surface area contributed by atoms with Crippen molar-refractivity contribution in [2.75, 3.05) is 18.7 Å². The van der Waals surface area contributed by atoms with E-state index >= 15 is 0 Å². The minimum atomic E-state index is -0.633. The van der Waals surface area contributed by atoms with Crippen molar-refractivity contribution in [3.63, 3.8) is 0 Å². The second-order valence-electron chi connectivity index (χ2n) is 4.72. The van der Waals surface area contributed by atoms with Gasteiger partial charge in [-0.3, -0.25) is 4.79 Å². The monoisotopic (exact) mass is 396 g/mol. The third-order valence-electron chi connectivity index (χ3n) is 3.35. The lowest BCUT2D eigenvalue weighted by Crippen LogP contribution is -2.39. The fourth-order valence-electron chi connectivity index (χ4n) is 2.25. The van der Waals surface area contributed by atoms with Crippen molar-refractivity contribution in [2.45, 2.75) is 11.3 Å². The van der Waals surface area contributed by atoms with Crippen LogP contribution >= 0.6 is 27.7 Å². The first kappa shape index (κ1) is 15.9. The van der Waals surface area contributed by atoms with E-state index in [1.54, 1.807) is 12.1 Å². The molecule has 120 valence electrons. The molecule has 1 aliphatic heterocycles. The molecule has 7 nitrogen and oxygen atoms in total. The number of rotatable bonds is 3. The number of carbonyl (C=O) groups is 1. The number of halogens is 1. The summed E-state index contributed by atoms with van der Waals surface area (Å²) in [6.07, 6.45) is 2.70. The lowest BCUT2D eigenvalue weighted by Gasteiger charge is -2.28. The van der Waals surface area contributed by atoms with E-state index in [0.717, 1.165) is 4.47 Å². The highest BCUT2D eigenvalue weighted by Crippen LogP contribution is 2.38. The quantitative estimate of drug-likeness (QED) is 0.541. The van der Waals surface area contributed by atoms with Crippen LogP contribution in [0.25, 0.3) is 0 Å². The summed E-state index contributed by atoms with van der Waals surface area (Å²) in [7, 11) is 1.46. The van der Waals surface area contributed by atoms with Crippen LogP contribution in [0, 0.1) is 0 Å². The van der Waals surface area contributed by atoms with Crippen molar-refractivity contribution in [1.82, 2.24) is 15.3 Å². The first-order valence-electron chi connectivity index (χ1n) is 6.58. The van der Waals surface area contributed by atoms with E-state index in [1.165, 1.54) is 25.1 Å². The van der Waals surface area contributed by atoms with Gasteiger partial charge >= 0.3 is 0 Å². The Kier molecular flexibility index (Phi) is 4.31. The molecular weight excluding hydrogens is 384 g/mol. The number of phenols is 1. The molecule has 0 unspecified atom stereocenters. The zero-order valence-electron chi connectivity index (χ0n) is 12.3. The number of phenolic OH excluding ortho intramolecular Hbond substituents is 1. The van der Waals surface area contributed by atoms with Crippen LogP contribution in [0.2, 0.25) is 0 Å². The number of anilines is 1. The van der Waals surface area contributed by atoms with Gasteiger partial charge in [0.15, 0.2) is 16.7 Å². The normalized spacial score (nSPS) is 16.3. The van der Waals surface area contributed by atoms with Gasteiger partial charge in [0.1, 0.15) is 17.5 Å². The maximum Gasteiger partial charge on any atom is 0.258 e. The number of hydrogen-bond donors (Lipinski definition) is 3. The molecule has 1 aromatic heterocycles. The Labute approximate surface area is 145 Å². The zero-order valence-corrected chi connectivity index (χ0v) is 14.7. The molecule has 2 aromatic rings. The molecule has 0 saturated carbocycles. The molecule has 0 bridgehead atoms. The average Bonchev–Trinajstić information content (AvgIpc) is 2.55. The van der Waals surface area contributed by atoms with Crippen LogP contribution in [0.4, 0.5) is 5.82 Å². The van der Waals surface area contributed by atoms with Crippen molar-refractivity contribution >= 4 is 39.4 Å². The maximum absolute atomic E-state index is 12.3. The molecule has 1 atom stereocenters. The average molecular weight is 397 g/mol. The lowest BCUT2D eigenvalue weighted by molar-refractivity contribution is 0.0934. The number of thioether (sulfide) groups is 1. The second-order valence-corrected chi connectivity index (χ2v) is 6.40. The van der Waals surface area contributed by atoms with Crippen LogP contribution in [0.1, 0.15) is 22.1 Å². The summed E-state index contributed by atoms with van der Waals surface area (Å²) in [5.41, 5.74) is 0.833. The number of ether oxygens (including phenoxy) is 1. The summed E-state index contributed by atoms with van der Waals surface area (Å²) in [5.74, 6) is 0.381. The van der Waals surface area contributed by atoms with E-state index in [2.05, 4.69) is 36.5 Å². The predicted octanol–water partition coefficient (Wildman–Crippen LogP) is 2.53. The van der Waals surface area contributed by atoms with Gasteiger partial charge < -0.3 is 20.5 Å². The van der Waals surface area contributed by atoms with Gasteiger partial charge in [0.25, 0.3) is 5.91 Å². The van der Waals surface area contributed by atoms with E-state index in [9.17, 15) is 9.90 Å². The molecule has 0 saturated heterocycles. The Morgan fingerprint density at radius 3 is 2.87 bits per heavy atom. The van der Waals surface area contributed by atoms with Gasteiger partial charge in [-0.1, -0.05) is 27.7 Å². The number of aromatic hydroxyl groups is 1. The van der Waals surface area contributed by atoms with Crippen LogP contribution in [-0.2, 0) is 0 Å². The molecule has 3 N–H and O–H groups in total. The van der Waals surface area contributed by atoms with E-state index in [0.29, 0.717) is 27.9 Å². The number of benzene rings is 1. The van der Waals surface area contributed by atoms with Crippen LogP contribution in [0.15, 0.2) is 28.0 Å². The molecule has 0 spiro atoms. The third kappa shape index (κ3) is 2.93. The SMILES string of the molecule is COc1cc(Br)cc([C@H]2NC(=O)c3cnc(SC)nc3N2)c1O. The summed E-state index contributed by atoms with van der Waals surface area (Å²) < 4.78 is 5.86. The number of nitrogens with one attached hydrogen (secondary N) is 2. The highest BCUT2D eigenvalue weighted by Gasteiger charge is 2.29. The van der Waals surface area contributed by atoms with Crippen molar-refractivity contribution in [3.8, 4) is 11.5 Å². The maximum atomic E-state index is 12.3. The molecule has 1 aromatic carbocycles. The van der Waals surface area contributed by atoms with E-state index in [-0.39, 0.29) is 11.7 Å². The first-order valence-corrected chi connectivity index (χ1v) is 8.60. The third-order valence-corrected chi connectivity index (χ3v) is 4.37. The van der Waals surface area contributed by atoms with Crippen molar-refractivity contribution < 1.29 is 14.6 Å². The van der Waals surface area contributed by atoms with Gasteiger partial charge in [-0.15, -0.1) is 0 Å². The van der Waals surface area contributed by atoms with Crippen LogP contribution < -0.4 is 15.4 Å². The number of hydrogen-bond acceptors (Lipinski definition) is 7. The Balaban J connectivity index is 2.03. The summed E-state index contributed by atoms with van der Waals surface area (Å²) in [6, 6.07) is 3.35. The number of methoxy groups -OCH3 is 1. The Bertz CT molecular complexity index is 787. The van der Waals surface area contributed by atoms with Crippen molar-refractivity contribution in [3.05, 3.63) is 33.9 Å². The van der Waals surface area contributed by atoms with Crippen molar-refractivity contribution in [1.29, 1.82) is 0 Å². The number of amides is 1. The number of nitrogens with zero attached hydrogens (tertiary/aromatic N) is 2. The van der Waals surface area contributed by atoms with Gasteiger partial charge in [-0.2, -0.15) is 0 Å². The highest BCUT2D eigenvalue weighted by atomic mass is 79.9. The largest absolute Gasteiger partial charge is 0.504 e. The topological polar surface area (TPSA) is 96.4 Å². The fraction of sp³-hybridized carbons (Fsp3) is 0.214. The molecule has 1 aliphatic rings. The molecule has 1 amide bonds. The van der Waals surface area contributed by atoms with Gasteiger partial charge in [-0.05, 0) is 18.4 Å². The minimum Gasteiger partial charge on any atom is -0.504 e. The summed E-state index contributed by atoms with van der Waals surface area (Å²) in [6.45, 7) is 0. The van der Waals surface area contributed by atoms with E-state index < -0.39 is 6.17 Å². The minimum absolute atomic E-state index is 0.0453. The summed E-state index contributed by atoms with van der Waals surface area (Å²) in [5, 5.41) is 16.8. The van der Waals surface area contributed by atoms with Gasteiger partial charge in [0, 0.05) is 16.2 Å². The van der Waals surface area contributed by atoms with Crippen LogP contribution in [-0.4, -0.2) is 34.3 Å². The van der Waals surface area contributed by atoms with Gasteiger partial charge in [0.2, 0.25) is 0 Å². The first-order chi connectivity index (χ1) is 11.0. The van der Waals surface area contributed by atoms with E-state index in [4.69, 9.17) is 4.74 Å². The van der Waals surface area contributed by atoms with Crippen LogP contribution in [0.3, 0.4) is 0 Å². The molecule has 0 radical (unpaired) electrons. The van der Waals surface area contributed by atoms with Gasteiger partial charge in [-0.25, -0.2) is 9.97 Å². The molecule has 9 heteroatoms. The summed E-state index contributed by atoms with van der Waals surface area (Å²) in [4.78, 5) is 20.7. The molecular formula is C14H13BrN4O3S. The fourth-order valence-corrected chi connectivity index (χ4v) is 3.04. The second kappa shape index (κ2) is 6.25. The van der Waals surface area contributed by atoms with E-state index in [1.807, 2.05) is 6.26 Å². The smallest absolute Gasteiger partial charge is 0.258 e. The highest BCUT2D eigenvalue weighted by molar-refractivity contribution is 9.10. The Morgan fingerprint density at radius 2 is 2.17 bits per heavy atom. The van der Waals surface area contributed by atoms with Crippen molar-refractivity contribution in [2.24, 2.45) is 0 Å². The standard InChI is InChI=1S/C14H13BrN4O3S/c1-22-9-4-6(15)3-7(10(9)20)11-17-12-8(13(21)18-11)5-16-14(19-12)23-2/h3-5,11,20H,1-2H3,(H,18,21)(H,16,17,19)/t11-/m1/s1.